The van der Waals surface area contributed by atoms with Gasteiger partial charge in [-0.1, -0.05) is 25.1 Å². The smallest absolute Gasteiger partial charge is 0.294 e. The van der Waals surface area contributed by atoms with E-state index in [0.29, 0.717) is 12.0 Å². The molecule has 0 saturated carbocycles. The van der Waals surface area contributed by atoms with Crippen LogP contribution in [-0.4, -0.2) is 40.1 Å². The van der Waals surface area contributed by atoms with Crippen LogP contribution in [0.25, 0.3) is 6.08 Å². The van der Waals surface area contributed by atoms with Gasteiger partial charge >= 0.3 is 0 Å². The van der Waals surface area contributed by atoms with Crippen molar-refractivity contribution in [1.82, 2.24) is 4.90 Å². The number of benzene rings is 2. The van der Waals surface area contributed by atoms with Crippen molar-refractivity contribution < 1.29 is 18.8 Å². The van der Waals surface area contributed by atoms with Crippen molar-refractivity contribution in [3.05, 3.63) is 64.3 Å². The van der Waals surface area contributed by atoms with Crippen LogP contribution < -0.4 is 10.2 Å². The van der Waals surface area contributed by atoms with Crippen LogP contribution in [0.5, 0.6) is 0 Å². The quantitative estimate of drug-likeness (QED) is 0.515. The molecule has 35 heavy (non-hydrogen) atoms. The van der Waals surface area contributed by atoms with Crippen molar-refractivity contribution in [2.45, 2.75) is 58.5 Å². The molecule has 3 amide bonds. The Morgan fingerprint density at radius 1 is 1.23 bits per heavy atom. The predicted octanol–water partition coefficient (Wildman–Crippen LogP) is 6.00. The number of para-hydroxylation sites is 1. The molecule has 6 nitrogen and oxygen atoms in total. The Bertz CT molecular complexity index is 1220. The van der Waals surface area contributed by atoms with Gasteiger partial charge in [-0.15, -0.1) is 0 Å². The highest BCUT2D eigenvalue weighted by molar-refractivity contribution is 8.18. The molecule has 1 unspecified atom stereocenters. The van der Waals surface area contributed by atoms with Crippen molar-refractivity contribution >= 4 is 46.3 Å². The van der Waals surface area contributed by atoms with E-state index >= 15 is 0 Å². The number of hydrogen-bond donors (Lipinski definition) is 1. The zero-order valence-corrected chi connectivity index (χ0v) is 21.4. The third kappa shape index (κ3) is 4.98. The SMILES string of the molecule is CC1CC(C)(C)N(C(C)C)c2ccc(/C=C3\SC(=O)N(CC(=O)Nc4ccccc4F)C3=O)cc21. The first kappa shape index (κ1) is 25.0. The number of thioether (sulfide) groups is 1. The number of carbonyl (C=O) groups excluding carboxylic acids is 3. The van der Waals surface area contributed by atoms with Gasteiger partial charge < -0.3 is 10.2 Å². The number of rotatable bonds is 5. The van der Waals surface area contributed by atoms with E-state index in [2.05, 4.69) is 57.0 Å². The van der Waals surface area contributed by atoms with Gasteiger partial charge in [0.1, 0.15) is 12.4 Å². The Morgan fingerprint density at radius 3 is 2.63 bits per heavy atom. The Balaban J connectivity index is 1.53. The molecular weight excluding hydrogens is 465 g/mol. The van der Waals surface area contributed by atoms with Crippen LogP contribution in [0.2, 0.25) is 0 Å². The molecule has 0 aromatic heterocycles. The van der Waals surface area contributed by atoms with Crippen LogP contribution in [0.4, 0.5) is 20.6 Å². The maximum Gasteiger partial charge on any atom is 0.294 e. The summed E-state index contributed by atoms with van der Waals surface area (Å²) in [6.45, 7) is 10.6. The highest BCUT2D eigenvalue weighted by atomic mass is 32.2. The van der Waals surface area contributed by atoms with Gasteiger partial charge in [0, 0.05) is 17.3 Å². The average Bonchev–Trinajstić information content (AvgIpc) is 3.02. The largest absolute Gasteiger partial charge is 0.364 e. The zero-order chi connectivity index (χ0) is 25.5. The summed E-state index contributed by atoms with van der Waals surface area (Å²) in [4.78, 5) is 41.3. The van der Waals surface area contributed by atoms with Crippen molar-refractivity contribution in [3.63, 3.8) is 0 Å². The minimum atomic E-state index is -0.641. The molecule has 0 aliphatic carbocycles. The second-order valence-electron chi connectivity index (χ2n) is 10.00. The number of nitrogens with one attached hydrogen (secondary N) is 1. The number of anilines is 2. The first-order valence-electron chi connectivity index (χ1n) is 11.7. The van der Waals surface area contributed by atoms with Crippen LogP contribution in [0.1, 0.15) is 58.1 Å². The summed E-state index contributed by atoms with van der Waals surface area (Å²) in [7, 11) is 0. The van der Waals surface area contributed by atoms with Crippen LogP contribution in [-0.2, 0) is 9.59 Å². The van der Waals surface area contributed by atoms with Gasteiger partial charge in [-0.3, -0.25) is 19.3 Å². The lowest BCUT2D eigenvalue weighted by Gasteiger charge is -2.50. The maximum atomic E-state index is 13.8. The molecule has 0 spiro atoms. The molecule has 0 radical (unpaired) electrons. The molecule has 0 bridgehead atoms. The Morgan fingerprint density at radius 2 is 1.94 bits per heavy atom. The molecule has 1 saturated heterocycles. The third-order valence-corrected chi connectivity index (χ3v) is 7.34. The highest BCUT2D eigenvalue weighted by Crippen LogP contribution is 2.45. The number of imide groups is 1. The lowest BCUT2D eigenvalue weighted by Crippen LogP contribution is -2.51. The Labute approximate surface area is 209 Å². The molecule has 184 valence electrons. The first-order valence-corrected chi connectivity index (χ1v) is 12.5. The molecular formula is C27H30FN3O3S. The summed E-state index contributed by atoms with van der Waals surface area (Å²) in [5, 5.41) is 1.88. The molecule has 2 aromatic carbocycles. The van der Waals surface area contributed by atoms with Crippen LogP contribution in [0, 0.1) is 5.82 Å². The summed E-state index contributed by atoms with van der Waals surface area (Å²) in [6.07, 6.45) is 2.71. The highest BCUT2D eigenvalue weighted by Gasteiger charge is 2.38. The Kier molecular flexibility index (Phi) is 6.77. The average molecular weight is 496 g/mol. The lowest BCUT2D eigenvalue weighted by atomic mass is 9.79. The summed E-state index contributed by atoms with van der Waals surface area (Å²) >= 11 is 0.806. The van der Waals surface area contributed by atoms with E-state index in [1.165, 1.54) is 29.4 Å². The van der Waals surface area contributed by atoms with Crippen LogP contribution >= 0.6 is 11.8 Å². The summed E-state index contributed by atoms with van der Waals surface area (Å²) < 4.78 is 13.8. The number of fused-ring (bicyclic) bond motifs is 1. The van der Waals surface area contributed by atoms with E-state index in [0.717, 1.165) is 28.6 Å². The first-order chi connectivity index (χ1) is 16.5. The maximum absolute atomic E-state index is 13.8. The number of hydrogen-bond acceptors (Lipinski definition) is 5. The molecule has 1 N–H and O–H groups in total. The van der Waals surface area contributed by atoms with Gasteiger partial charge in [0.05, 0.1) is 10.6 Å². The standard InChI is InChI=1S/C27H30FN3O3S/c1-16(2)31-22-11-10-18(12-19(22)17(3)14-27(31,4)5)13-23-25(33)30(26(34)35-23)15-24(32)29-21-9-7-6-8-20(21)28/h6-13,16-17H,14-15H2,1-5H3,(H,29,32)/b23-13-. The fraction of sp³-hybridized carbons (Fsp3) is 0.370. The number of amides is 3. The van der Waals surface area contributed by atoms with Gasteiger partial charge in [-0.2, -0.15) is 0 Å². The van der Waals surface area contributed by atoms with Gasteiger partial charge in [0.15, 0.2) is 0 Å². The second kappa shape index (κ2) is 9.49. The normalized spacial score (nSPS) is 20.5. The zero-order valence-electron chi connectivity index (χ0n) is 20.6. The van der Waals surface area contributed by atoms with E-state index in [9.17, 15) is 18.8 Å². The Hall–Kier alpha value is -3.13. The van der Waals surface area contributed by atoms with E-state index in [1.54, 1.807) is 12.1 Å². The molecule has 2 aliphatic rings. The van der Waals surface area contributed by atoms with Gasteiger partial charge in [-0.25, -0.2) is 4.39 Å². The minimum absolute atomic E-state index is 0.00168. The number of halogens is 1. The van der Waals surface area contributed by atoms with Gasteiger partial charge in [0.25, 0.3) is 11.1 Å². The van der Waals surface area contributed by atoms with Gasteiger partial charge in [0.2, 0.25) is 5.91 Å². The van der Waals surface area contributed by atoms with Crippen LogP contribution in [0.15, 0.2) is 47.4 Å². The molecule has 8 heteroatoms. The van der Waals surface area contributed by atoms with Gasteiger partial charge in [-0.05, 0) is 93.3 Å². The molecule has 1 atom stereocenters. The summed E-state index contributed by atoms with van der Waals surface area (Å²) in [5.41, 5.74) is 3.28. The van der Waals surface area contributed by atoms with Crippen molar-refractivity contribution in [2.24, 2.45) is 0 Å². The van der Waals surface area contributed by atoms with E-state index in [-0.39, 0.29) is 16.1 Å². The van der Waals surface area contributed by atoms with Crippen LogP contribution in [0.3, 0.4) is 0 Å². The summed E-state index contributed by atoms with van der Waals surface area (Å²) in [6, 6.07) is 12.2. The van der Waals surface area contributed by atoms with E-state index in [1.807, 2.05) is 6.07 Å². The molecule has 1 fully saturated rings. The third-order valence-electron chi connectivity index (χ3n) is 6.44. The number of nitrogens with zero attached hydrogens (tertiary/aromatic N) is 2. The fourth-order valence-corrected chi connectivity index (χ4v) is 6.06. The van der Waals surface area contributed by atoms with Crippen molar-refractivity contribution in [3.8, 4) is 0 Å². The molecule has 2 aromatic rings. The van der Waals surface area contributed by atoms with Crippen molar-refractivity contribution in [1.29, 1.82) is 0 Å². The topological polar surface area (TPSA) is 69.7 Å². The molecule has 2 heterocycles. The second-order valence-corrected chi connectivity index (χ2v) is 11.0. The summed E-state index contributed by atoms with van der Waals surface area (Å²) in [5.74, 6) is -1.41. The lowest BCUT2D eigenvalue weighted by molar-refractivity contribution is -0.127. The van der Waals surface area contributed by atoms with E-state index < -0.39 is 29.4 Å². The monoisotopic (exact) mass is 495 g/mol. The molecule has 4 rings (SSSR count). The minimum Gasteiger partial charge on any atom is -0.364 e. The predicted molar refractivity (Wildman–Crippen MR) is 139 cm³/mol. The van der Waals surface area contributed by atoms with E-state index in [4.69, 9.17) is 0 Å². The fourth-order valence-electron chi connectivity index (χ4n) is 5.22. The van der Waals surface area contributed by atoms with Crippen molar-refractivity contribution in [2.75, 3.05) is 16.8 Å². The molecule has 2 aliphatic heterocycles. The number of carbonyl (C=O) groups is 3.